The first kappa shape index (κ1) is 16.2. The summed E-state index contributed by atoms with van der Waals surface area (Å²) in [5, 5.41) is 9.47. The van der Waals surface area contributed by atoms with E-state index < -0.39 is 0 Å². The SMILES string of the molecule is CN1CCCn2c1nc(-c1ccc(C(C)(C)C)nc1)c(C#N)c2=O. The number of anilines is 1. The number of nitriles is 1. The predicted molar refractivity (Wildman–Crippen MR) is 93.0 cm³/mol. The third kappa shape index (κ3) is 2.67. The number of hydrogen-bond donors (Lipinski definition) is 0. The third-order valence-corrected chi connectivity index (χ3v) is 4.28. The van der Waals surface area contributed by atoms with E-state index in [9.17, 15) is 10.1 Å². The van der Waals surface area contributed by atoms with Crippen LogP contribution in [0.15, 0.2) is 23.1 Å². The normalized spacial score (nSPS) is 14.2. The fourth-order valence-corrected chi connectivity index (χ4v) is 2.89. The molecule has 0 spiro atoms. The molecule has 124 valence electrons. The molecule has 0 atom stereocenters. The minimum absolute atomic E-state index is 0.0559. The third-order valence-electron chi connectivity index (χ3n) is 4.28. The molecule has 0 unspecified atom stereocenters. The molecular weight excluding hydrogens is 302 g/mol. The fourth-order valence-electron chi connectivity index (χ4n) is 2.89. The first-order valence-electron chi connectivity index (χ1n) is 8.06. The molecule has 0 fully saturated rings. The van der Waals surface area contributed by atoms with Crippen LogP contribution in [-0.4, -0.2) is 28.1 Å². The summed E-state index contributed by atoms with van der Waals surface area (Å²) in [7, 11) is 1.91. The maximum Gasteiger partial charge on any atom is 0.273 e. The van der Waals surface area contributed by atoms with Crippen molar-refractivity contribution >= 4 is 5.95 Å². The van der Waals surface area contributed by atoms with Gasteiger partial charge in [0.2, 0.25) is 5.95 Å². The van der Waals surface area contributed by atoms with Gasteiger partial charge >= 0.3 is 0 Å². The second-order valence-electron chi connectivity index (χ2n) is 7.16. The van der Waals surface area contributed by atoms with E-state index >= 15 is 0 Å². The zero-order valence-corrected chi connectivity index (χ0v) is 14.5. The number of fused-ring (bicyclic) bond motifs is 1. The molecule has 0 amide bonds. The molecule has 0 aromatic carbocycles. The van der Waals surface area contributed by atoms with Gasteiger partial charge in [0.1, 0.15) is 11.6 Å². The average Bonchev–Trinajstić information content (AvgIpc) is 2.55. The van der Waals surface area contributed by atoms with Crippen LogP contribution in [0.5, 0.6) is 0 Å². The van der Waals surface area contributed by atoms with Crippen molar-refractivity contribution < 1.29 is 0 Å². The molecule has 0 N–H and O–H groups in total. The molecule has 1 aliphatic heterocycles. The van der Waals surface area contributed by atoms with Gasteiger partial charge in [-0.25, -0.2) is 4.98 Å². The quantitative estimate of drug-likeness (QED) is 0.805. The van der Waals surface area contributed by atoms with E-state index in [0.29, 0.717) is 23.8 Å². The summed E-state index contributed by atoms with van der Waals surface area (Å²) >= 11 is 0. The molecule has 6 nitrogen and oxygen atoms in total. The molecule has 3 heterocycles. The van der Waals surface area contributed by atoms with Crippen molar-refractivity contribution in [3.63, 3.8) is 0 Å². The van der Waals surface area contributed by atoms with E-state index in [1.165, 1.54) is 0 Å². The van der Waals surface area contributed by atoms with Crippen molar-refractivity contribution in [3.8, 4) is 17.3 Å². The van der Waals surface area contributed by atoms with Crippen molar-refractivity contribution in [1.29, 1.82) is 5.26 Å². The summed E-state index contributed by atoms with van der Waals surface area (Å²) in [6.07, 6.45) is 2.57. The second-order valence-corrected chi connectivity index (χ2v) is 7.16. The van der Waals surface area contributed by atoms with E-state index in [-0.39, 0.29) is 16.5 Å². The van der Waals surface area contributed by atoms with Crippen molar-refractivity contribution in [2.75, 3.05) is 18.5 Å². The summed E-state index contributed by atoms with van der Waals surface area (Å²) < 4.78 is 1.59. The Bertz CT molecular complexity index is 868. The van der Waals surface area contributed by atoms with Gasteiger partial charge in [-0.3, -0.25) is 14.3 Å². The number of aromatic nitrogens is 3. The van der Waals surface area contributed by atoms with Crippen molar-refractivity contribution in [2.24, 2.45) is 0 Å². The Morgan fingerprint density at radius 2 is 2.00 bits per heavy atom. The first-order valence-corrected chi connectivity index (χ1v) is 8.06. The monoisotopic (exact) mass is 323 g/mol. The summed E-state index contributed by atoms with van der Waals surface area (Å²) in [6, 6.07) is 5.84. The van der Waals surface area contributed by atoms with Crippen LogP contribution in [0, 0.1) is 11.3 Å². The van der Waals surface area contributed by atoms with Gasteiger partial charge in [-0.15, -0.1) is 0 Å². The molecule has 3 rings (SSSR count). The van der Waals surface area contributed by atoms with Crippen molar-refractivity contribution in [3.05, 3.63) is 39.9 Å². The average molecular weight is 323 g/mol. The van der Waals surface area contributed by atoms with E-state index in [1.54, 1.807) is 10.8 Å². The minimum atomic E-state index is -0.274. The van der Waals surface area contributed by atoms with E-state index in [0.717, 1.165) is 18.7 Å². The van der Waals surface area contributed by atoms with Crippen LogP contribution in [0.2, 0.25) is 0 Å². The summed E-state index contributed by atoms with van der Waals surface area (Å²) in [6.45, 7) is 7.72. The van der Waals surface area contributed by atoms with Crippen LogP contribution in [0.25, 0.3) is 11.3 Å². The Morgan fingerprint density at radius 3 is 2.58 bits per heavy atom. The lowest BCUT2D eigenvalue weighted by molar-refractivity contribution is 0.552. The Hall–Kier alpha value is -2.68. The zero-order valence-electron chi connectivity index (χ0n) is 14.5. The lowest BCUT2D eigenvalue weighted by Gasteiger charge is -2.27. The number of pyridine rings is 1. The number of rotatable bonds is 1. The highest BCUT2D eigenvalue weighted by Gasteiger charge is 2.23. The predicted octanol–water partition coefficient (Wildman–Crippen LogP) is 2.31. The van der Waals surface area contributed by atoms with E-state index in [4.69, 9.17) is 0 Å². The van der Waals surface area contributed by atoms with Crippen molar-refractivity contribution in [2.45, 2.75) is 39.2 Å². The Kier molecular flexibility index (Phi) is 3.88. The molecule has 0 aliphatic carbocycles. The molecule has 2 aromatic rings. The topological polar surface area (TPSA) is 74.8 Å². The molecule has 0 saturated heterocycles. The Balaban J connectivity index is 2.18. The standard InChI is InChI=1S/C18H21N5O/c1-18(2,3)14-7-6-12(11-20-14)15-13(10-19)16(24)23-9-5-8-22(4)17(23)21-15/h6-7,11H,5,8-9H2,1-4H3. The molecular formula is C18H21N5O. The van der Waals surface area contributed by atoms with Gasteiger partial charge in [-0.05, 0) is 18.6 Å². The highest BCUT2D eigenvalue weighted by atomic mass is 16.1. The van der Waals surface area contributed by atoms with Gasteiger partial charge in [0, 0.05) is 43.0 Å². The van der Waals surface area contributed by atoms with E-state index in [1.807, 2.05) is 30.1 Å². The number of hydrogen-bond acceptors (Lipinski definition) is 5. The molecule has 6 heteroatoms. The molecule has 0 radical (unpaired) electrons. The van der Waals surface area contributed by atoms with E-state index in [2.05, 4.69) is 30.7 Å². The fraction of sp³-hybridized carbons (Fsp3) is 0.444. The maximum atomic E-state index is 12.7. The molecule has 1 aliphatic rings. The number of nitrogens with zero attached hydrogens (tertiary/aromatic N) is 5. The van der Waals surface area contributed by atoms with Crippen LogP contribution in [0.1, 0.15) is 38.4 Å². The van der Waals surface area contributed by atoms with Gasteiger partial charge < -0.3 is 4.90 Å². The summed E-state index contributed by atoms with van der Waals surface area (Å²) in [5.74, 6) is 0.611. The highest BCUT2D eigenvalue weighted by molar-refractivity contribution is 5.67. The minimum Gasteiger partial charge on any atom is -0.345 e. The summed E-state index contributed by atoms with van der Waals surface area (Å²) in [5.41, 5.74) is 1.81. The lowest BCUT2D eigenvalue weighted by atomic mass is 9.91. The molecule has 0 saturated carbocycles. The highest BCUT2D eigenvalue weighted by Crippen LogP contribution is 2.26. The van der Waals surface area contributed by atoms with Crippen LogP contribution >= 0.6 is 0 Å². The van der Waals surface area contributed by atoms with Gasteiger partial charge in [-0.2, -0.15) is 5.26 Å². The van der Waals surface area contributed by atoms with Gasteiger partial charge in [0.15, 0.2) is 0 Å². The lowest BCUT2D eigenvalue weighted by Crippen LogP contribution is -2.37. The molecule has 24 heavy (non-hydrogen) atoms. The van der Waals surface area contributed by atoms with Crippen LogP contribution in [0.3, 0.4) is 0 Å². The first-order chi connectivity index (χ1) is 11.3. The largest absolute Gasteiger partial charge is 0.345 e. The van der Waals surface area contributed by atoms with Crippen LogP contribution in [0.4, 0.5) is 5.95 Å². The maximum absolute atomic E-state index is 12.7. The van der Waals surface area contributed by atoms with Crippen LogP contribution < -0.4 is 10.5 Å². The second kappa shape index (κ2) is 5.75. The Labute approximate surface area is 141 Å². The zero-order chi connectivity index (χ0) is 17.5. The van der Waals surface area contributed by atoms with Gasteiger partial charge in [0.05, 0.1) is 5.69 Å². The van der Waals surface area contributed by atoms with Gasteiger partial charge in [-0.1, -0.05) is 20.8 Å². The summed E-state index contributed by atoms with van der Waals surface area (Å²) in [4.78, 5) is 23.7. The smallest absolute Gasteiger partial charge is 0.273 e. The van der Waals surface area contributed by atoms with Crippen LogP contribution in [-0.2, 0) is 12.0 Å². The molecule has 0 bridgehead atoms. The Morgan fingerprint density at radius 1 is 1.25 bits per heavy atom. The molecule has 2 aromatic heterocycles. The van der Waals surface area contributed by atoms with Gasteiger partial charge in [0.25, 0.3) is 5.56 Å². The van der Waals surface area contributed by atoms with Crippen molar-refractivity contribution in [1.82, 2.24) is 14.5 Å².